The van der Waals surface area contributed by atoms with Gasteiger partial charge in [0.1, 0.15) is 12.1 Å². The molecule has 7 nitrogen and oxygen atoms in total. The third-order valence-electron chi connectivity index (χ3n) is 5.43. The van der Waals surface area contributed by atoms with E-state index < -0.39 is 11.6 Å². The van der Waals surface area contributed by atoms with Crippen molar-refractivity contribution >= 4 is 28.7 Å². The summed E-state index contributed by atoms with van der Waals surface area (Å²) in [6.45, 7) is 1.91. The number of amides is 4. The molecule has 140 valence electrons. The number of para-hydroxylation sites is 1. The second-order valence-corrected chi connectivity index (χ2v) is 7.39. The van der Waals surface area contributed by atoms with E-state index in [4.69, 9.17) is 0 Å². The van der Waals surface area contributed by atoms with Gasteiger partial charge >= 0.3 is 6.03 Å². The van der Waals surface area contributed by atoms with Gasteiger partial charge in [-0.3, -0.25) is 19.5 Å². The van der Waals surface area contributed by atoms with Crippen LogP contribution in [0, 0.1) is 5.92 Å². The minimum Gasteiger partial charge on any atom is -0.354 e. The maximum absolute atomic E-state index is 12.6. The van der Waals surface area contributed by atoms with Crippen LogP contribution in [-0.2, 0) is 16.0 Å². The van der Waals surface area contributed by atoms with E-state index in [1.165, 1.54) is 0 Å². The van der Waals surface area contributed by atoms with E-state index in [0.717, 1.165) is 34.2 Å². The molecule has 1 saturated carbocycles. The largest absolute Gasteiger partial charge is 0.354 e. The van der Waals surface area contributed by atoms with Crippen LogP contribution >= 0.6 is 0 Å². The first kappa shape index (κ1) is 17.5. The molecule has 27 heavy (non-hydrogen) atoms. The third-order valence-corrected chi connectivity index (χ3v) is 5.43. The number of urea groups is 1. The molecule has 2 fully saturated rings. The van der Waals surface area contributed by atoms with Crippen molar-refractivity contribution < 1.29 is 14.4 Å². The van der Waals surface area contributed by atoms with Crippen LogP contribution in [0.4, 0.5) is 4.79 Å². The Hall–Kier alpha value is -2.96. The number of pyridine rings is 1. The summed E-state index contributed by atoms with van der Waals surface area (Å²) in [4.78, 5) is 42.3. The molecule has 2 heterocycles. The Kier molecular flexibility index (Phi) is 4.30. The predicted octanol–water partition coefficient (Wildman–Crippen LogP) is 1.61. The molecule has 1 aromatic heterocycles. The minimum absolute atomic E-state index is 0.181. The number of benzene rings is 1. The molecular weight excluding hydrogens is 344 g/mol. The molecule has 0 spiro atoms. The van der Waals surface area contributed by atoms with Crippen molar-refractivity contribution in [3.05, 3.63) is 42.1 Å². The Bertz CT molecular complexity index is 919. The fraction of sp³-hybridized carbons (Fsp3) is 0.400. The van der Waals surface area contributed by atoms with Gasteiger partial charge in [0, 0.05) is 18.1 Å². The first-order valence-corrected chi connectivity index (χ1v) is 9.22. The topological polar surface area (TPSA) is 91.4 Å². The zero-order valence-corrected chi connectivity index (χ0v) is 15.2. The van der Waals surface area contributed by atoms with E-state index in [9.17, 15) is 14.4 Å². The highest BCUT2D eigenvalue weighted by Gasteiger charge is 2.56. The molecule has 1 saturated heterocycles. The summed E-state index contributed by atoms with van der Waals surface area (Å²) in [7, 11) is 0. The average molecular weight is 366 g/mol. The summed E-state index contributed by atoms with van der Waals surface area (Å²) < 4.78 is 0. The van der Waals surface area contributed by atoms with Crippen LogP contribution in [0.1, 0.15) is 25.3 Å². The smallest absolute Gasteiger partial charge is 0.325 e. The van der Waals surface area contributed by atoms with Gasteiger partial charge in [0.25, 0.3) is 5.91 Å². The summed E-state index contributed by atoms with van der Waals surface area (Å²) in [5, 5.41) is 6.60. The van der Waals surface area contributed by atoms with Crippen LogP contribution in [0.3, 0.4) is 0 Å². The molecule has 4 amide bonds. The summed E-state index contributed by atoms with van der Waals surface area (Å²) in [5.41, 5.74) is 1.11. The Morgan fingerprint density at radius 3 is 2.85 bits per heavy atom. The molecule has 0 bridgehead atoms. The Morgan fingerprint density at radius 2 is 2.07 bits per heavy atom. The van der Waals surface area contributed by atoms with Gasteiger partial charge < -0.3 is 10.6 Å². The number of hydrogen-bond acceptors (Lipinski definition) is 4. The van der Waals surface area contributed by atoms with Crippen molar-refractivity contribution in [2.45, 2.75) is 31.7 Å². The number of fused-ring (bicyclic) bond motifs is 1. The number of hydrogen-bond donors (Lipinski definition) is 2. The normalized spacial score (nSPS) is 22.2. The van der Waals surface area contributed by atoms with Crippen LogP contribution in [0.2, 0.25) is 0 Å². The SMILES string of the molecule is CC1(C2CC2)NC(=O)N(CC(=O)NCCc2cccc3cccnc23)C1=O. The molecule has 2 aliphatic rings. The van der Waals surface area contributed by atoms with Gasteiger partial charge in [-0.15, -0.1) is 0 Å². The highest BCUT2D eigenvalue weighted by Crippen LogP contribution is 2.42. The van der Waals surface area contributed by atoms with E-state index >= 15 is 0 Å². The highest BCUT2D eigenvalue weighted by atomic mass is 16.2. The lowest BCUT2D eigenvalue weighted by Gasteiger charge is -2.20. The van der Waals surface area contributed by atoms with Crippen LogP contribution in [0.5, 0.6) is 0 Å². The molecule has 1 aromatic carbocycles. The first-order valence-electron chi connectivity index (χ1n) is 9.22. The standard InChI is InChI=1S/C20H22N4O3/c1-20(15-7-8-15)18(26)24(19(27)23-20)12-16(25)21-11-9-14-5-2-4-13-6-3-10-22-17(13)14/h2-6,10,15H,7-9,11-12H2,1H3,(H,21,25)(H,23,27). The van der Waals surface area contributed by atoms with E-state index in [2.05, 4.69) is 15.6 Å². The Labute approximate surface area is 157 Å². The number of nitrogens with one attached hydrogen (secondary N) is 2. The van der Waals surface area contributed by atoms with Crippen molar-refractivity contribution in [3.63, 3.8) is 0 Å². The monoisotopic (exact) mass is 366 g/mol. The number of nitrogens with zero attached hydrogens (tertiary/aromatic N) is 2. The van der Waals surface area contributed by atoms with Gasteiger partial charge in [-0.05, 0) is 43.7 Å². The third kappa shape index (κ3) is 3.25. The Balaban J connectivity index is 1.33. The average Bonchev–Trinajstić information content (AvgIpc) is 3.48. The van der Waals surface area contributed by atoms with Crippen molar-refractivity contribution in [3.8, 4) is 0 Å². The Morgan fingerprint density at radius 1 is 1.30 bits per heavy atom. The fourth-order valence-corrected chi connectivity index (χ4v) is 3.70. The first-order chi connectivity index (χ1) is 13.0. The maximum atomic E-state index is 12.6. The lowest BCUT2D eigenvalue weighted by Crippen LogP contribution is -2.47. The zero-order chi connectivity index (χ0) is 19.0. The molecule has 4 rings (SSSR count). The fourth-order valence-electron chi connectivity index (χ4n) is 3.70. The molecule has 2 N–H and O–H groups in total. The number of rotatable bonds is 6. The quantitative estimate of drug-likeness (QED) is 0.760. The van der Waals surface area contributed by atoms with E-state index in [1.54, 1.807) is 13.1 Å². The molecule has 7 heteroatoms. The number of aromatic nitrogens is 1. The van der Waals surface area contributed by atoms with E-state index in [-0.39, 0.29) is 24.3 Å². The summed E-state index contributed by atoms with van der Waals surface area (Å²) in [6.07, 6.45) is 4.24. The summed E-state index contributed by atoms with van der Waals surface area (Å²) in [5.74, 6) is -0.462. The minimum atomic E-state index is -0.855. The van der Waals surface area contributed by atoms with Gasteiger partial charge in [0.05, 0.1) is 5.52 Å². The number of carbonyl (C=O) groups is 3. The molecule has 1 aliphatic carbocycles. The van der Waals surface area contributed by atoms with Crippen LogP contribution in [0.15, 0.2) is 36.5 Å². The molecule has 1 atom stereocenters. The number of imide groups is 1. The number of carbonyl (C=O) groups excluding carboxylic acids is 3. The van der Waals surface area contributed by atoms with Crippen molar-refractivity contribution in [2.24, 2.45) is 5.92 Å². The lowest BCUT2D eigenvalue weighted by atomic mass is 9.96. The zero-order valence-electron chi connectivity index (χ0n) is 15.2. The van der Waals surface area contributed by atoms with Gasteiger partial charge in [0.2, 0.25) is 5.91 Å². The molecule has 1 aliphatic heterocycles. The molecule has 0 radical (unpaired) electrons. The van der Waals surface area contributed by atoms with Gasteiger partial charge in [-0.2, -0.15) is 0 Å². The van der Waals surface area contributed by atoms with E-state index in [0.29, 0.717) is 13.0 Å². The van der Waals surface area contributed by atoms with Crippen molar-refractivity contribution in [2.75, 3.05) is 13.1 Å². The van der Waals surface area contributed by atoms with Gasteiger partial charge in [0.15, 0.2) is 0 Å². The maximum Gasteiger partial charge on any atom is 0.325 e. The highest BCUT2D eigenvalue weighted by molar-refractivity contribution is 6.09. The molecule has 1 unspecified atom stereocenters. The van der Waals surface area contributed by atoms with Crippen molar-refractivity contribution in [1.29, 1.82) is 0 Å². The summed E-state index contributed by atoms with van der Waals surface area (Å²) >= 11 is 0. The predicted molar refractivity (Wildman–Crippen MR) is 99.8 cm³/mol. The second-order valence-electron chi connectivity index (χ2n) is 7.39. The molecule has 2 aromatic rings. The van der Waals surface area contributed by atoms with Crippen LogP contribution in [0.25, 0.3) is 10.9 Å². The summed E-state index contributed by atoms with van der Waals surface area (Å²) in [6, 6.07) is 9.36. The van der Waals surface area contributed by atoms with Gasteiger partial charge in [-0.1, -0.05) is 24.3 Å². The van der Waals surface area contributed by atoms with Gasteiger partial charge in [-0.25, -0.2) is 4.79 Å². The molecular formula is C20H22N4O3. The van der Waals surface area contributed by atoms with Crippen LogP contribution < -0.4 is 10.6 Å². The van der Waals surface area contributed by atoms with Crippen molar-refractivity contribution in [1.82, 2.24) is 20.5 Å². The second kappa shape index (κ2) is 6.64. The van der Waals surface area contributed by atoms with Crippen LogP contribution in [-0.4, -0.2) is 46.4 Å². The van der Waals surface area contributed by atoms with E-state index in [1.807, 2.05) is 30.3 Å². The lowest BCUT2D eigenvalue weighted by molar-refractivity contribution is -0.135.